The van der Waals surface area contributed by atoms with Gasteiger partial charge >= 0.3 is 0 Å². The molecular weight excluding hydrogens is 288 g/mol. The highest BCUT2D eigenvalue weighted by Gasteiger charge is 2.24. The summed E-state index contributed by atoms with van der Waals surface area (Å²) >= 11 is 6.58. The minimum absolute atomic E-state index is 0.665. The van der Waals surface area contributed by atoms with E-state index >= 15 is 0 Å². The van der Waals surface area contributed by atoms with Crippen molar-refractivity contribution in [2.75, 3.05) is 6.54 Å². The minimum atomic E-state index is 0.665. The Morgan fingerprint density at radius 3 is 2.67 bits per heavy atom. The molecule has 0 saturated carbocycles. The second-order valence-corrected chi connectivity index (χ2v) is 5.85. The van der Waals surface area contributed by atoms with E-state index < -0.39 is 0 Å². The largest absolute Gasteiger partial charge is 0.370 e. The van der Waals surface area contributed by atoms with Crippen molar-refractivity contribution in [1.82, 2.24) is 29.4 Å². The van der Waals surface area contributed by atoms with Gasteiger partial charge < -0.3 is 9.47 Å². The molecular formula is C14H19ClN6. The van der Waals surface area contributed by atoms with E-state index in [2.05, 4.69) is 26.8 Å². The number of hydrogen-bond acceptors (Lipinski definition) is 4. The van der Waals surface area contributed by atoms with Gasteiger partial charge in [0.15, 0.2) is 5.82 Å². The van der Waals surface area contributed by atoms with E-state index in [0.717, 1.165) is 43.3 Å². The van der Waals surface area contributed by atoms with Crippen molar-refractivity contribution >= 4 is 11.6 Å². The lowest BCUT2D eigenvalue weighted by Crippen LogP contribution is -2.20. The highest BCUT2D eigenvalue weighted by molar-refractivity contribution is 6.33. The topological polar surface area (TPSA) is 51.8 Å². The van der Waals surface area contributed by atoms with Gasteiger partial charge in [0.1, 0.15) is 11.5 Å². The van der Waals surface area contributed by atoms with Crippen LogP contribution < -0.4 is 0 Å². The molecule has 0 saturated heterocycles. The van der Waals surface area contributed by atoms with E-state index in [1.165, 1.54) is 0 Å². The lowest BCUT2D eigenvalue weighted by atomic mass is 10.3. The van der Waals surface area contributed by atoms with Gasteiger partial charge in [0, 0.05) is 25.8 Å². The smallest absolute Gasteiger partial charge is 0.185 e. The first-order valence-electron chi connectivity index (χ1n) is 7.01. The molecule has 0 atom stereocenters. The molecule has 2 aromatic heterocycles. The van der Waals surface area contributed by atoms with E-state index in [4.69, 9.17) is 11.6 Å². The van der Waals surface area contributed by atoms with Gasteiger partial charge in [0.05, 0.1) is 17.3 Å². The molecule has 2 aromatic rings. The predicted octanol–water partition coefficient (Wildman–Crippen LogP) is 2.38. The van der Waals surface area contributed by atoms with E-state index in [1.807, 2.05) is 30.1 Å². The fraction of sp³-hybridized carbons (Fsp3) is 0.500. The molecule has 0 unspecified atom stereocenters. The first kappa shape index (κ1) is 14.1. The number of hydrogen-bond donors (Lipinski definition) is 0. The van der Waals surface area contributed by atoms with Gasteiger partial charge in [-0.2, -0.15) is 5.10 Å². The predicted molar refractivity (Wildman–Crippen MR) is 81.8 cm³/mol. The van der Waals surface area contributed by atoms with E-state index in [-0.39, 0.29) is 0 Å². The lowest BCUT2D eigenvalue weighted by Gasteiger charge is -2.21. The standard InChI is InChI=1S/C14H19ClN6/c1-9(2)20-6-5-7-21-11(8-20)12(15)13(18-21)14-17-16-10(3)19(14)4/h1,5-8H2,2-4H3. The Morgan fingerprint density at radius 1 is 1.29 bits per heavy atom. The summed E-state index contributed by atoms with van der Waals surface area (Å²) in [5, 5.41) is 13.6. The summed E-state index contributed by atoms with van der Waals surface area (Å²) in [6, 6.07) is 0. The van der Waals surface area contributed by atoms with Crippen LogP contribution in [0, 0.1) is 6.92 Å². The van der Waals surface area contributed by atoms with Gasteiger partial charge in [-0.05, 0) is 20.3 Å². The summed E-state index contributed by atoms with van der Waals surface area (Å²) in [6.45, 7) is 10.5. The van der Waals surface area contributed by atoms with E-state index in [9.17, 15) is 0 Å². The van der Waals surface area contributed by atoms with Crippen LogP contribution in [0.15, 0.2) is 12.3 Å². The third-order valence-electron chi connectivity index (χ3n) is 3.98. The van der Waals surface area contributed by atoms with Crippen molar-refractivity contribution in [2.45, 2.75) is 33.4 Å². The van der Waals surface area contributed by atoms with Crippen molar-refractivity contribution in [2.24, 2.45) is 7.05 Å². The Morgan fingerprint density at radius 2 is 2.05 bits per heavy atom. The van der Waals surface area contributed by atoms with Crippen LogP contribution in [-0.4, -0.2) is 36.0 Å². The van der Waals surface area contributed by atoms with Crippen LogP contribution in [0.4, 0.5) is 0 Å². The van der Waals surface area contributed by atoms with Gasteiger partial charge in [0.2, 0.25) is 0 Å². The van der Waals surface area contributed by atoms with Crippen LogP contribution in [0.5, 0.6) is 0 Å². The monoisotopic (exact) mass is 306 g/mol. The van der Waals surface area contributed by atoms with Gasteiger partial charge in [0.25, 0.3) is 0 Å². The van der Waals surface area contributed by atoms with Crippen LogP contribution in [-0.2, 0) is 20.1 Å². The third kappa shape index (κ3) is 2.33. The van der Waals surface area contributed by atoms with E-state index in [1.54, 1.807) is 0 Å². The van der Waals surface area contributed by atoms with Crippen LogP contribution in [0.25, 0.3) is 11.5 Å². The fourth-order valence-electron chi connectivity index (χ4n) is 2.56. The lowest BCUT2D eigenvalue weighted by molar-refractivity contribution is 0.344. The Balaban J connectivity index is 2.06. The van der Waals surface area contributed by atoms with Crippen LogP contribution in [0.2, 0.25) is 5.02 Å². The Kier molecular flexibility index (Phi) is 3.49. The maximum absolute atomic E-state index is 6.58. The molecule has 112 valence electrons. The number of aryl methyl sites for hydroxylation is 2. The zero-order chi connectivity index (χ0) is 15.1. The summed E-state index contributed by atoms with van der Waals surface area (Å²) in [5.74, 6) is 1.55. The highest BCUT2D eigenvalue weighted by atomic mass is 35.5. The molecule has 0 radical (unpaired) electrons. The first-order valence-corrected chi connectivity index (χ1v) is 7.39. The number of nitrogens with zero attached hydrogens (tertiary/aromatic N) is 6. The van der Waals surface area contributed by atoms with Gasteiger partial charge in [-0.15, -0.1) is 10.2 Å². The van der Waals surface area contributed by atoms with Crippen LogP contribution in [0.3, 0.4) is 0 Å². The maximum atomic E-state index is 6.58. The van der Waals surface area contributed by atoms with Gasteiger partial charge in [-0.25, -0.2) is 0 Å². The van der Waals surface area contributed by atoms with Gasteiger partial charge in [-0.3, -0.25) is 4.68 Å². The number of rotatable bonds is 2. The second-order valence-electron chi connectivity index (χ2n) is 5.47. The molecule has 0 amide bonds. The highest BCUT2D eigenvalue weighted by Crippen LogP contribution is 2.31. The molecule has 1 aliphatic heterocycles. The molecule has 0 N–H and O–H groups in total. The molecule has 6 nitrogen and oxygen atoms in total. The molecule has 0 aliphatic carbocycles. The first-order chi connectivity index (χ1) is 9.99. The SMILES string of the molecule is C=C(C)N1CCCn2nc(-c3nnc(C)n3C)c(Cl)c2C1. The molecule has 0 aromatic carbocycles. The third-order valence-corrected chi connectivity index (χ3v) is 4.37. The quantitative estimate of drug-likeness (QED) is 0.855. The Bertz CT molecular complexity index is 699. The summed E-state index contributed by atoms with van der Waals surface area (Å²) in [6.07, 6.45) is 1.02. The molecule has 3 rings (SSSR count). The maximum Gasteiger partial charge on any atom is 0.185 e. The van der Waals surface area contributed by atoms with Crippen molar-refractivity contribution in [1.29, 1.82) is 0 Å². The van der Waals surface area contributed by atoms with Crippen LogP contribution >= 0.6 is 11.6 Å². The molecule has 7 heteroatoms. The number of allylic oxidation sites excluding steroid dienone is 1. The second kappa shape index (κ2) is 5.18. The van der Waals surface area contributed by atoms with E-state index in [0.29, 0.717) is 16.5 Å². The normalized spacial score (nSPS) is 15.0. The minimum Gasteiger partial charge on any atom is -0.370 e. The molecule has 21 heavy (non-hydrogen) atoms. The summed E-state index contributed by atoms with van der Waals surface area (Å²) in [5.41, 5.74) is 2.78. The van der Waals surface area contributed by atoms with Crippen molar-refractivity contribution in [3.8, 4) is 11.5 Å². The summed E-state index contributed by atoms with van der Waals surface area (Å²) in [4.78, 5) is 2.23. The average Bonchev–Trinajstić information content (AvgIpc) is 2.83. The van der Waals surface area contributed by atoms with Crippen LogP contribution in [0.1, 0.15) is 24.9 Å². The average molecular weight is 307 g/mol. The molecule has 0 bridgehead atoms. The Labute approximate surface area is 129 Å². The van der Waals surface area contributed by atoms with Crippen molar-refractivity contribution in [3.63, 3.8) is 0 Å². The Hall–Kier alpha value is -1.82. The molecule has 1 aliphatic rings. The molecule has 3 heterocycles. The summed E-state index contributed by atoms with van der Waals surface area (Å²) < 4.78 is 3.90. The number of halogens is 1. The zero-order valence-electron chi connectivity index (χ0n) is 12.6. The fourth-order valence-corrected chi connectivity index (χ4v) is 2.84. The molecule has 0 spiro atoms. The molecule has 0 fully saturated rings. The number of fused-ring (bicyclic) bond motifs is 1. The zero-order valence-corrected chi connectivity index (χ0v) is 13.4. The van der Waals surface area contributed by atoms with Gasteiger partial charge in [-0.1, -0.05) is 18.2 Å². The summed E-state index contributed by atoms with van der Waals surface area (Å²) in [7, 11) is 1.92. The van der Waals surface area contributed by atoms with Crippen molar-refractivity contribution in [3.05, 3.63) is 28.8 Å². The number of aromatic nitrogens is 5. The van der Waals surface area contributed by atoms with Crippen molar-refractivity contribution < 1.29 is 0 Å².